The van der Waals surface area contributed by atoms with Gasteiger partial charge in [-0.3, -0.25) is 0 Å². The Morgan fingerprint density at radius 3 is 3.07 bits per heavy atom. The molecule has 0 N–H and O–H groups in total. The molecule has 1 unspecified atom stereocenters. The van der Waals surface area contributed by atoms with Crippen molar-refractivity contribution in [2.45, 2.75) is 12.5 Å². The molecule has 0 spiro atoms. The summed E-state index contributed by atoms with van der Waals surface area (Å²) >= 11 is 6.13. The van der Waals surface area contributed by atoms with Crippen LogP contribution in [0, 0.1) is 0 Å². The second-order valence-corrected chi connectivity index (χ2v) is 4.32. The van der Waals surface area contributed by atoms with Gasteiger partial charge in [-0.05, 0) is 24.6 Å². The van der Waals surface area contributed by atoms with Gasteiger partial charge in [0.25, 0.3) is 0 Å². The SMILES string of the molecule is Clc1cccc2c1ccn2C1CCOC1. The fourth-order valence-corrected chi connectivity index (χ4v) is 2.44. The first-order chi connectivity index (χ1) is 7.36. The van der Waals surface area contributed by atoms with E-state index in [1.807, 2.05) is 12.1 Å². The molecule has 0 amide bonds. The summed E-state index contributed by atoms with van der Waals surface area (Å²) in [5, 5.41) is 1.95. The summed E-state index contributed by atoms with van der Waals surface area (Å²) in [6.45, 7) is 1.68. The minimum Gasteiger partial charge on any atom is -0.379 e. The smallest absolute Gasteiger partial charge is 0.0674 e. The second-order valence-electron chi connectivity index (χ2n) is 3.91. The lowest BCUT2D eigenvalue weighted by molar-refractivity contribution is 0.187. The van der Waals surface area contributed by atoms with Crippen molar-refractivity contribution >= 4 is 22.5 Å². The first-order valence-corrected chi connectivity index (χ1v) is 5.57. The molecule has 1 aliphatic rings. The molecular formula is C12H12ClNO. The van der Waals surface area contributed by atoms with Crippen molar-refractivity contribution in [1.82, 2.24) is 4.57 Å². The molecule has 1 aliphatic heterocycles. The van der Waals surface area contributed by atoms with E-state index < -0.39 is 0 Å². The van der Waals surface area contributed by atoms with Crippen molar-refractivity contribution in [2.24, 2.45) is 0 Å². The third-order valence-corrected chi connectivity index (χ3v) is 3.34. The molecule has 0 saturated carbocycles. The Balaban J connectivity index is 2.15. The molecule has 1 saturated heterocycles. The first kappa shape index (κ1) is 9.25. The molecule has 2 nitrogen and oxygen atoms in total. The predicted molar refractivity (Wildman–Crippen MR) is 61.4 cm³/mol. The number of rotatable bonds is 1. The van der Waals surface area contributed by atoms with Crippen LogP contribution in [0.25, 0.3) is 10.9 Å². The maximum absolute atomic E-state index is 6.13. The zero-order valence-corrected chi connectivity index (χ0v) is 9.07. The van der Waals surface area contributed by atoms with Crippen LogP contribution >= 0.6 is 11.6 Å². The van der Waals surface area contributed by atoms with Crippen LogP contribution in [0.1, 0.15) is 12.5 Å². The molecule has 78 valence electrons. The van der Waals surface area contributed by atoms with Crippen molar-refractivity contribution in [1.29, 1.82) is 0 Å². The van der Waals surface area contributed by atoms with Crippen molar-refractivity contribution in [3.05, 3.63) is 35.5 Å². The summed E-state index contributed by atoms with van der Waals surface area (Å²) < 4.78 is 7.68. The molecule has 3 heteroatoms. The van der Waals surface area contributed by atoms with Gasteiger partial charge in [0.15, 0.2) is 0 Å². The van der Waals surface area contributed by atoms with Crippen LogP contribution < -0.4 is 0 Å². The highest BCUT2D eigenvalue weighted by atomic mass is 35.5. The van der Waals surface area contributed by atoms with Crippen molar-refractivity contribution in [3.8, 4) is 0 Å². The van der Waals surface area contributed by atoms with Crippen LogP contribution in [0.3, 0.4) is 0 Å². The van der Waals surface area contributed by atoms with Gasteiger partial charge in [0.2, 0.25) is 0 Å². The summed E-state index contributed by atoms with van der Waals surface area (Å²) in [7, 11) is 0. The Labute approximate surface area is 93.4 Å². The standard InChI is InChI=1S/C12H12ClNO/c13-11-2-1-3-12-10(11)4-6-14(12)9-5-7-15-8-9/h1-4,6,9H,5,7-8H2. The highest BCUT2D eigenvalue weighted by Gasteiger charge is 2.18. The Kier molecular flexibility index (Phi) is 2.19. The molecule has 0 radical (unpaired) electrons. The molecule has 0 bridgehead atoms. The molecule has 0 aliphatic carbocycles. The number of nitrogens with zero attached hydrogens (tertiary/aromatic N) is 1. The van der Waals surface area contributed by atoms with E-state index in [0.717, 1.165) is 30.0 Å². The summed E-state index contributed by atoms with van der Waals surface area (Å²) in [5.74, 6) is 0. The average molecular weight is 222 g/mol. The van der Waals surface area contributed by atoms with Crippen molar-refractivity contribution < 1.29 is 4.74 Å². The minimum absolute atomic E-state index is 0.473. The van der Waals surface area contributed by atoms with Gasteiger partial charge in [0.1, 0.15) is 0 Å². The molecule has 1 aromatic carbocycles. The predicted octanol–water partition coefficient (Wildman–Crippen LogP) is 3.26. The monoisotopic (exact) mass is 221 g/mol. The molecule has 1 atom stereocenters. The van der Waals surface area contributed by atoms with E-state index in [-0.39, 0.29) is 0 Å². The number of hydrogen-bond acceptors (Lipinski definition) is 1. The van der Waals surface area contributed by atoms with Gasteiger partial charge >= 0.3 is 0 Å². The van der Waals surface area contributed by atoms with E-state index in [0.29, 0.717) is 6.04 Å². The molecule has 2 heterocycles. The number of fused-ring (bicyclic) bond motifs is 1. The quantitative estimate of drug-likeness (QED) is 0.721. The number of halogens is 1. The lowest BCUT2D eigenvalue weighted by atomic mass is 10.2. The molecule has 3 rings (SSSR count). The van der Waals surface area contributed by atoms with Crippen LogP contribution in [-0.4, -0.2) is 17.8 Å². The third kappa shape index (κ3) is 1.45. The van der Waals surface area contributed by atoms with Crippen molar-refractivity contribution in [3.63, 3.8) is 0 Å². The van der Waals surface area contributed by atoms with Gasteiger partial charge in [-0.1, -0.05) is 17.7 Å². The van der Waals surface area contributed by atoms with E-state index in [4.69, 9.17) is 16.3 Å². The molecule has 2 aromatic rings. The Morgan fingerprint density at radius 2 is 2.27 bits per heavy atom. The van der Waals surface area contributed by atoms with Crippen LogP contribution in [0.4, 0.5) is 0 Å². The normalized spacial score (nSPS) is 21.3. The Hall–Kier alpha value is -0.990. The van der Waals surface area contributed by atoms with E-state index in [9.17, 15) is 0 Å². The minimum atomic E-state index is 0.473. The third-order valence-electron chi connectivity index (χ3n) is 3.01. The van der Waals surface area contributed by atoms with Crippen LogP contribution in [0.2, 0.25) is 5.02 Å². The summed E-state index contributed by atoms with van der Waals surface area (Å²) in [6, 6.07) is 8.59. The van der Waals surface area contributed by atoms with E-state index in [2.05, 4.69) is 22.9 Å². The Bertz CT molecular complexity index is 485. The maximum atomic E-state index is 6.13. The van der Waals surface area contributed by atoms with Crippen LogP contribution in [-0.2, 0) is 4.74 Å². The van der Waals surface area contributed by atoms with Crippen LogP contribution in [0.15, 0.2) is 30.5 Å². The lowest BCUT2D eigenvalue weighted by Gasteiger charge is -2.11. The highest BCUT2D eigenvalue weighted by molar-refractivity contribution is 6.35. The number of benzene rings is 1. The molecule has 1 aromatic heterocycles. The summed E-state index contributed by atoms with van der Waals surface area (Å²) in [6.07, 6.45) is 3.20. The van der Waals surface area contributed by atoms with Gasteiger partial charge < -0.3 is 9.30 Å². The van der Waals surface area contributed by atoms with Gasteiger partial charge in [-0.25, -0.2) is 0 Å². The lowest BCUT2D eigenvalue weighted by Crippen LogP contribution is -2.06. The zero-order chi connectivity index (χ0) is 10.3. The van der Waals surface area contributed by atoms with Gasteiger partial charge in [0, 0.05) is 28.7 Å². The van der Waals surface area contributed by atoms with E-state index in [1.165, 1.54) is 5.52 Å². The van der Waals surface area contributed by atoms with E-state index >= 15 is 0 Å². The molecule has 1 fully saturated rings. The molecule has 15 heavy (non-hydrogen) atoms. The average Bonchev–Trinajstić information content (AvgIpc) is 2.85. The number of aromatic nitrogens is 1. The second kappa shape index (κ2) is 3.54. The first-order valence-electron chi connectivity index (χ1n) is 5.19. The number of hydrogen-bond donors (Lipinski definition) is 0. The van der Waals surface area contributed by atoms with E-state index in [1.54, 1.807) is 0 Å². The van der Waals surface area contributed by atoms with Crippen LogP contribution in [0.5, 0.6) is 0 Å². The Morgan fingerprint density at radius 1 is 1.33 bits per heavy atom. The van der Waals surface area contributed by atoms with Crippen molar-refractivity contribution in [2.75, 3.05) is 13.2 Å². The summed E-state index contributed by atoms with van der Waals surface area (Å²) in [4.78, 5) is 0. The fourth-order valence-electron chi connectivity index (χ4n) is 2.21. The molecular weight excluding hydrogens is 210 g/mol. The zero-order valence-electron chi connectivity index (χ0n) is 8.32. The number of ether oxygens (including phenoxy) is 1. The van der Waals surface area contributed by atoms with Gasteiger partial charge in [-0.2, -0.15) is 0 Å². The summed E-state index contributed by atoms with van der Waals surface area (Å²) in [5.41, 5.74) is 1.21. The fraction of sp³-hybridized carbons (Fsp3) is 0.333. The van der Waals surface area contributed by atoms with Gasteiger partial charge in [-0.15, -0.1) is 0 Å². The topological polar surface area (TPSA) is 14.2 Å². The highest BCUT2D eigenvalue weighted by Crippen LogP contribution is 2.29. The van der Waals surface area contributed by atoms with Gasteiger partial charge in [0.05, 0.1) is 12.6 Å². The largest absolute Gasteiger partial charge is 0.379 e. The maximum Gasteiger partial charge on any atom is 0.0674 e.